The van der Waals surface area contributed by atoms with Crippen molar-refractivity contribution in [2.45, 2.75) is 90.2 Å². The maximum atomic E-state index is 6.67. The van der Waals surface area contributed by atoms with Gasteiger partial charge in [0.05, 0.1) is 6.10 Å². The Morgan fingerprint density at radius 1 is 0.900 bits per heavy atom. The molecule has 0 aliphatic heterocycles. The second kappa shape index (κ2) is 8.38. The molecule has 0 amide bonds. The van der Waals surface area contributed by atoms with E-state index in [0.717, 1.165) is 18.4 Å². The Morgan fingerprint density at radius 3 is 2.10 bits per heavy atom. The summed E-state index contributed by atoms with van der Waals surface area (Å²) in [4.78, 5) is 0. The van der Waals surface area contributed by atoms with Crippen LogP contribution < -0.4 is 5.73 Å². The van der Waals surface area contributed by atoms with Crippen LogP contribution in [0.5, 0.6) is 0 Å². The quantitative estimate of drug-likeness (QED) is 0.777. The highest BCUT2D eigenvalue weighted by molar-refractivity contribution is 4.89. The van der Waals surface area contributed by atoms with Gasteiger partial charge in [0, 0.05) is 12.6 Å². The van der Waals surface area contributed by atoms with Crippen LogP contribution in [-0.4, -0.2) is 18.8 Å². The van der Waals surface area contributed by atoms with Crippen molar-refractivity contribution in [1.29, 1.82) is 0 Å². The number of hydrogen-bond acceptors (Lipinski definition) is 2. The first kappa shape index (κ1) is 16.3. The molecule has 118 valence electrons. The van der Waals surface area contributed by atoms with E-state index in [2.05, 4.69) is 13.8 Å². The average Bonchev–Trinajstić information content (AvgIpc) is 2.53. The molecule has 0 heterocycles. The van der Waals surface area contributed by atoms with Gasteiger partial charge in [-0.3, -0.25) is 0 Å². The van der Waals surface area contributed by atoms with E-state index in [1.807, 2.05) is 0 Å². The van der Waals surface area contributed by atoms with Crippen molar-refractivity contribution in [3.05, 3.63) is 0 Å². The van der Waals surface area contributed by atoms with Crippen LogP contribution in [0.25, 0.3) is 0 Å². The molecule has 0 aromatic heterocycles. The molecule has 0 aromatic rings. The second-order valence-corrected chi connectivity index (χ2v) is 7.08. The smallest absolute Gasteiger partial charge is 0.0756 e. The Hall–Kier alpha value is -0.0800. The van der Waals surface area contributed by atoms with Gasteiger partial charge >= 0.3 is 0 Å². The lowest BCUT2D eigenvalue weighted by Crippen LogP contribution is -2.48. The molecule has 2 N–H and O–H groups in total. The number of ether oxygens (including phenoxy) is 1. The summed E-state index contributed by atoms with van der Waals surface area (Å²) in [5.41, 5.74) is 6.67. The van der Waals surface area contributed by atoms with Crippen molar-refractivity contribution >= 4 is 0 Å². The fourth-order valence-corrected chi connectivity index (χ4v) is 4.47. The standard InChI is InChI=1S/C18H35NO/c1-3-14-10-12-15(13-11-14)17(19)18(20-4-2)16-8-6-5-7-9-16/h14-18H,3-13,19H2,1-2H3. The van der Waals surface area contributed by atoms with Crippen LogP contribution in [0.2, 0.25) is 0 Å². The molecule has 0 aromatic carbocycles. The summed E-state index contributed by atoms with van der Waals surface area (Å²) in [7, 11) is 0. The third kappa shape index (κ3) is 4.21. The minimum atomic E-state index is 0.274. The van der Waals surface area contributed by atoms with Gasteiger partial charge in [-0.15, -0.1) is 0 Å². The summed E-state index contributed by atoms with van der Waals surface area (Å²) in [5.74, 6) is 2.39. The molecular weight excluding hydrogens is 246 g/mol. The molecule has 20 heavy (non-hydrogen) atoms. The third-order valence-corrected chi connectivity index (χ3v) is 5.87. The zero-order chi connectivity index (χ0) is 14.4. The number of nitrogens with two attached hydrogens (primary N) is 1. The lowest BCUT2D eigenvalue weighted by molar-refractivity contribution is -0.0269. The van der Waals surface area contributed by atoms with Crippen molar-refractivity contribution in [2.75, 3.05) is 6.61 Å². The second-order valence-electron chi connectivity index (χ2n) is 7.08. The Bertz CT molecular complexity index is 254. The summed E-state index contributed by atoms with van der Waals surface area (Å²) in [5, 5.41) is 0. The molecule has 0 bridgehead atoms. The van der Waals surface area contributed by atoms with Gasteiger partial charge in [-0.25, -0.2) is 0 Å². The van der Waals surface area contributed by atoms with E-state index in [0.29, 0.717) is 12.0 Å². The predicted octanol–water partition coefficient (Wildman–Crippen LogP) is 4.52. The molecule has 2 nitrogen and oxygen atoms in total. The molecular formula is C18H35NO. The van der Waals surface area contributed by atoms with E-state index in [1.54, 1.807) is 0 Å². The van der Waals surface area contributed by atoms with Crippen LogP contribution in [0.15, 0.2) is 0 Å². The molecule has 2 atom stereocenters. The summed E-state index contributed by atoms with van der Waals surface area (Å²) < 4.78 is 6.12. The molecule has 0 radical (unpaired) electrons. The van der Waals surface area contributed by atoms with Crippen LogP contribution in [-0.2, 0) is 4.74 Å². The summed E-state index contributed by atoms with van der Waals surface area (Å²) in [6, 6.07) is 0.274. The largest absolute Gasteiger partial charge is 0.377 e. The first-order valence-corrected chi connectivity index (χ1v) is 9.13. The highest BCUT2D eigenvalue weighted by atomic mass is 16.5. The fourth-order valence-electron chi connectivity index (χ4n) is 4.47. The van der Waals surface area contributed by atoms with Crippen molar-refractivity contribution in [3.63, 3.8) is 0 Å². The van der Waals surface area contributed by atoms with Crippen LogP contribution in [0.3, 0.4) is 0 Å². The van der Waals surface area contributed by atoms with Gasteiger partial charge in [-0.05, 0) is 50.4 Å². The molecule has 2 saturated carbocycles. The van der Waals surface area contributed by atoms with Crippen molar-refractivity contribution in [2.24, 2.45) is 23.5 Å². The van der Waals surface area contributed by atoms with Gasteiger partial charge in [0.15, 0.2) is 0 Å². The average molecular weight is 281 g/mol. The van der Waals surface area contributed by atoms with E-state index in [-0.39, 0.29) is 6.04 Å². The first-order chi connectivity index (χ1) is 9.76. The van der Waals surface area contributed by atoms with Crippen molar-refractivity contribution in [3.8, 4) is 0 Å². The third-order valence-electron chi connectivity index (χ3n) is 5.87. The van der Waals surface area contributed by atoms with Crippen LogP contribution in [0.4, 0.5) is 0 Å². The van der Waals surface area contributed by atoms with Crippen LogP contribution >= 0.6 is 0 Å². The predicted molar refractivity (Wildman–Crippen MR) is 85.7 cm³/mol. The monoisotopic (exact) mass is 281 g/mol. The molecule has 2 rings (SSSR count). The zero-order valence-electron chi connectivity index (χ0n) is 13.7. The molecule has 2 heteroatoms. The van der Waals surface area contributed by atoms with Gasteiger partial charge in [-0.1, -0.05) is 45.4 Å². The van der Waals surface area contributed by atoms with Gasteiger partial charge in [-0.2, -0.15) is 0 Å². The maximum Gasteiger partial charge on any atom is 0.0756 e. The lowest BCUT2D eigenvalue weighted by Gasteiger charge is -2.40. The molecule has 2 unspecified atom stereocenters. The zero-order valence-corrected chi connectivity index (χ0v) is 13.7. The van der Waals surface area contributed by atoms with Crippen molar-refractivity contribution < 1.29 is 4.74 Å². The van der Waals surface area contributed by atoms with E-state index in [9.17, 15) is 0 Å². The SMILES string of the molecule is CCOC(C1CCCCC1)C(N)C1CCC(CC)CC1. The summed E-state index contributed by atoms with van der Waals surface area (Å²) in [6.45, 7) is 5.27. The minimum Gasteiger partial charge on any atom is -0.377 e. The van der Waals surface area contributed by atoms with E-state index in [1.165, 1.54) is 64.2 Å². The minimum absolute atomic E-state index is 0.274. The number of rotatable bonds is 6. The topological polar surface area (TPSA) is 35.2 Å². The van der Waals surface area contributed by atoms with Gasteiger partial charge < -0.3 is 10.5 Å². The fraction of sp³-hybridized carbons (Fsp3) is 1.00. The Morgan fingerprint density at radius 2 is 1.55 bits per heavy atom. The highest BCUT2D eigenvalue weighted by Crippen LogP contribution is 2.36. The Kier molecular flexibility index (Phi) is 6.83. The highest BCUT2D eigenvalue weighted by Gasteiger charge is 2.35. The lowest BCUT2D eigenvalue weighted by atomic mass is 9.73. The van der Waals surface area contributed by atoms with E-state index < -0.39 is 0 Å². The van der Waals surface area contributed by atoms with Gasteiger partial charge in [0.2, 0.25) is 0 Å². The van der Waals surface area contributed by atoms with Crippen molar-refractivity contribution in [1.82, 2.24) is 0 Å². The first-order valence-electron chi connectivity index (χ1n) is 9.13. The molecule has 2 fully saturated rings. The summed E-state index contributed by atoms with van der Waals surface area (Å²) >= 11 is 0. The molecule has 0 spiro atoms. The summed E-state index contributed by atoms with van der Waals surface area (Å²) in [6.07, 6.45) is 13.9. The van der Waals surface area contributed by atoms with E-state index >= 15 is 0 Å². The van der Waals surface area contributed by atoms with E-state index in [4.69, 9.17) is 10.5 Å². The molecule has 0 saturated heterocycles. The van der Waals surface area contributed by atoms with Gasteiger partial charge in [0.25, 0.3) is 0 Å². The van der Waals surface area contributed by atoms with Crippen LogP contribution in [0.1, 0.15) is 78.1 Å². The number of hydrogen-bond donors (Lipinski definition) is 1. The molecule has 2 aliphatic rings. The van der Waals surface area contributed by atoms with Gasteiger partial charge in [0.1, 0.15) is 0 Å². The normalized spacial score (nSPS) is 31.9. The Labute approximate surface area is 125 Å². The van der Waals surface area contributed by atoms with Crippen LogP contribution in [0, 0.1) is 17.8 Å². The molecule has 2 aliphatic carbocycles. The maximum absolute atomic E-state index is 6.67. The Balaban J connectivity index is 1.90.